The van der Waals surface area contributed by atoms with Crippen molar-refractivity contribution in [3.05, 3.63) is 64.1 Å². The highest BCUT2D eigenvalue weighted by molar-refractivity contribution is 7.12. The summed E-state index contributed by atoms with van der Waals surface area (Å²) in [5.74, 6) is -1.12. The minimum absolute atomic E-state index is 0.00187. The molecule has 1 N–H and O–H groups in total. The number of anilines is 1. The Morgan fingerprint density at radius 2 is 1.82 bits per heavy atom. The number of amides is 2. The monoisotopic (exact) mass is 466 g/mol. The van der Waals surface area contributed by atoms with Gasteiger partial charge < -0.3 is 15.0 Å². The van der Waals surface area contributed by atoms with Gasteiger partial charge in [-0.1, -0.05) is 24.3 Å². The van der Waals surface area contributed by atoms with E-state index in [2.05, 4.69) is 10.4 Å². The van der Waals surface area contributed by atoms with Crippen molar-refractivity contribution in [2.75, 3.05) is 25.0 Å². The summed E-state index contributed by atoms with van der Waals surface area (Å²) in [7, 11) is 0. The Hall–Kier alpha value is -3.46. The van der Waals surface area contributed by atoms with Gasteiger partial charge in [-0.25, -0.2) is 4.68 Å². The molecule has 2 aromatic heterocycles. The van der Waals surface area contributed by atoms with Gasteiger partial charge in [-0.05, 0) is 50.3 Å². The van der Waals surface area contributed by atoms with E-state index in [-0.39, 0.29) is 18.4 Å². The fraction of sp³-hybridized carbons (Fsp3) is 0.333. The number of aromatic nitrogens is 2. The third-order valence-electron chi connectivity index (χ3n) is 5.75. The second kappa shape index (κ2) is 9.99. The van der Waals surface area contributed by atoms with Gasteiger partial charge in [0.1, 0.15) is 0 Å². The molecule has 0 radical (unpaired) electrons. The molecule has 1 saturated heterocycles. The molecular formula is C24H26N4O4S. The molecule has 0 aliphatic carbocycles. The zero-order valence-corrected chi connectivity index (χ0v) is 19.4. The van der Waals surface area contributed by atoms with E-state index < -0.39 is 11.9 Å². The van der Waals surface area contributed by atoms with E-state index >= 15 is 0 Å². The van der Waals surface area contributed by atoms with Crippen LogP contribution in [0.5, 0.6) is 0 Å². The van der Waals surface area contributed by atoms with E-state index in [1.54, 1.807) is 15.6 Å². The minimum atomic E-state index is -0.410. The summed E-state index contributed by atoms with van der Waals surface area (Å²) in [5, 5.41) is 9.19. The molecule has 1 aliphatic rings. The number of para-hydroxylation sites is 1. The predicted molar refractivity (Wildman–Crippen MR) is 126 cm³/mol. The number of aryl methyl sites for hydroxylation is 1. The lowest BCUT2D eigenvalue weighted by Gasteiger charge is -2.30. The maximum atomic E-state index is 12.5. The number of benzene rings is 1. The van der Waals surface area contributed by atoms with Gasteiger partial charge in [-0.2, -0.15) is 5.10 Å². The predicted octanol–water partition coefficient (Wildman–Crippen LogP) is 3.58. The van der Waals surface area contributed by atoms with Crippen LogP contribution in [0.15, 0.2) is 47.8 Å². The molecule has 172 valence electrons. The number of nitrogens with one attached hydrogen (secondary N) is 1. The zero-order chi connectivity index (χ0) is 23.4. The molecule has 3 heterocycles. The average molecular weight is 467 g/mol. The first kappa shape index (κ1) is 22.7. The average Bonchev–Trinajstić information content (AvgIpc) is 3.47. The molecule has 33 heavy (non-hydrogen) atoms. The number of thiophene rings is 1. The van der Waals surface area contributed by atoms with E-state index in [9.17, 15) is 14.4 Å². The Balaban J connectivity index is 1.27. The quantitative estimate of drug-likeness (QED) is 0.561. The fourth-order valence-corrected chi connectivity index (χ4v) is 4.64. The van der Waals surface area contributed by atoms with Crippen molar-refractivity contribution >= 4 is 34.8 Å². The van der Waals surface area contributed by atoms with Crippen LogP contribution in [-0.4, -0.2) is 52.2 Å². The SMILES string of the molecule is Cc1nn(-c2ccccc2)c(C)c1NC(=O)COC(=O)C1CCN(C(=O)c2cccs2)CC1. The van der Waals surface area contributed by atoms with E-state index in [4.69, 9.17) is 4.74 Å². The molecule has 0 bridgehead atoms. The number of likely N-dealkylation sites (tertiary alicyclic amines) is 1. The summed E-state index contributed by atoms with van der Waals surface area (Å²) < 4.78 is 7.04. The summed E-state index contributed by atoms with van der Waals surface area (Å²) in [5.41, 5.74) is 2.98. The van der Waals surface area contributed by atoms with Crippen LogP contribution in [-0.2, 0) is 14.3 Å². The van der Waals surface area contributed by atoms with Gasteiger partial charge in [0.05, 0.1) is 33.6 Å². The van der Waals surface area contributed by atoms with E-state index in [1.165, 1.54) is 11.3 Å². The molecular weight excluding hydrogens is 440 g/mol. The summed E-state index contributed by atoms with van der Waals surface area (Å²) in [6, 6.07) is 13.3. The van der Waals surface area contributed by atoms with Crippen molar-refractivity contribution in [1.82, 2.24) is 14.7 Å². The second-order valence-electron chi connectivity index (χ2n) is 7.99. The summed E-state index contributed by atoms with van der Waals surface area (Å²) in [6.07, 6.45) is 1.05. The highest BCUT2D eigenvalue weighted by atomic mass is 32.1. The van der Waals surface area contributed by atoms with Gasteiger partial charge in [0.2, 0.25) is 0 Å². The number of carbonyl (C=O) groups is 3. The Morgan fingerprint density at radius 3 is 2.48 bits per heavy atom. The number of rotatable bonds is 6. The number of nitrogens with zero attached hydrogens (tertiary/aromatic N) is 3. The number of piperidine rings is 1. The molecule has 0 atom stereocenters. The lowest BCUT2D eigenvalue weighted by Crippen LogP contribution is -2.40. The first-order chi connectivity index (χ1) is 15.9. The van der Waals surface area contributed by atoms with Crippen LogP contribution >= 0.6 is 11.3 Å². The number of hydrogen-bond acceptors (Lipinski definition) is 6. The van der Waals surface area contributed by atoms with Crippen LogP contribution in [0.4, 0.5) is 5.69 Å². The topological polar surface area (TPSA) is 93.5 Å². The van der Waals surface area contributed by atoms with Gasteiger partial charge in [-0.3, -0.25) is 14.4 Å². The Morgan fingerprint density at radius 1 is 1.09 bits per heavy atom. The van der Waals surface area contributed by atoms with Crippen LogP contribution in [0, 0.1) is 19.8 Å². The molecule has 1 aromatic carbocycles. The molecule has 8 nitrogen and oxygen atoms in total. The van der Waals surface area contributed by atoms with Crippen molar-refractivity contribution in [3.8, 4) is 5.69 Å². The Labute approximate surface area is 196 Å². The Bertz CT molecular complexity index is 1130. The number of esters is 1. The van der Waals surface area contributed by atoms with E-state index in [1.807, 2.05) is 55.6 Å². The molecule has 0 unspecified atom stereocenters. The third-order valence-corrected chi connectivity index (χ3v) is 6.61. The van der Waals surface area contributed by atoms with Crippen molar-refractivity contribution < 1.29 is 19.1 Å². The molecule has 4 rings (SSSR count). The maximum Gasteiger partial charge on any atom is 0.309 e. The van der Waals surface area contributed by atoms with E-state index in [0.717, 1.165) is 11.4 Å². The van der Waals surface area contributed by atoms with Gasteiger partial charge in [0, 0.05) is 13.1 Å². The Kier molecular flexibility index (Phi) is 6.88. The van der Waals surface area contributed by atoms with Crippen molar-refractivity contribution in [3.63, 3.8) is 0 Å². The van der Waals surface area contributed by atoms with Crippen LogP contribution < -0.4 is 5.32 Å². The zero-order valence-electron chi connectivity index (χ0n) is 18.6. The van der Waals surface area contributed by atoms with Gasteiger partial charge in [-0.15, -0.1) is 11.3 Å². The third kappa shape index (κ3) is 5.14. The lowest BCUT2D eigenvalue weighted by atomic mass is 9.97. The van der Waals surface area contributed by atoms with Crippen LogP contribution in [0.1, 0.15) is 33.9 Å². The van der Waals surface area contributed by atoms with Crippen LogP contribution in [0.3, 0.4) is 0 Å². The molecule has 0 spiro atoms. The molecule has 1 fully saturated rings. The molecule has 1 aliphatic heterocycles. The van der Waals surface area contributed by atoms with Gasteiger partial charge in [0.15, 0.2) is 6.61 Å². The first-order valence-corrected chi connectivity index (χ1v) is 11.7. The lowest BCUT2D eigenvalue weighted by molar-refractivity contribution is -0.152. The number of ether oxygens (including phenoxy) is 1. The number of hydrogen-bond donors (Lipinski definition) is 1. The summed E-state index contributed by atoms with van der Waals surface area (Å²) in [6.45, 7) is 4.33. The second-order valence-corrected chi connectivity index (χ2v) is 8.94. The highest BCUT2D eigenvalue weighted by Gasteiger charge is 2.29. The largest absolute Gasteiger partial charge is 0.455 e. The fourth-order valence-electron chi connectivity index (χ4n) is 3.95. The number of carbonyl (C=O) groups excluding carboxylic acids is 3. The maximum absolute atomic E-state index is 12.5. The van der Waals surface area contributed by atoms with Crippen molar-refractivity contribution in [1.29, 1.82) is 0 Å². The highest BCUT2D eigenvalue weighted by Crippen LogP contribution is 2.24. The summed E-state index contributed by atoms with van der Waals surface area (Å²) in [4.78, 5) is 39.8. The van der Waals surface area contributed by atoms with Crippen LogP contribution in [0.25, 0.3) is 5.69 Å². The van der Waals surface area contributed by atoms with Crippen LogP contribution in [0.2, 0.25) is 0 Å². The summed E-state index contributed by atoms with van der Waals surface area (Å²) >= 11 is 1.41. The molecule has 3 aromatic rings. The molecule has 2 amide bonds. The van der Waals surface area contributed by atoms with Crippen molar-refractivity contribution in [2.24, 2.45) is 5.92 Å². The van der Waals surface area contributed by atoms with E-state index in [0.29, 0.717) is 42.2 Å². The van der Waals surface area contributed by atoms with Gasteiger partial charge >= 0.3 is 5.97 Å². The standard InChI is InChI=1S/C24H26N4O4S/c1-16-22(17(2)28(26-16)19-7-4-3-5-8-19)25-21(29)15-32-24(31)18-10-12-27(13-11-18)23(30)20-9-6-14-33-20/h3-9,14,18H,10-13,15H2,1-2H3,(H,25,29). The smallest absolute Gasteiger partial charge is 0.309 e. The normalized spacial score (nSPS) is 14.2. The van der Waals surface area contributed by atoms with Crippen molar-refractivity contribution in [2.45, 2.75) is 26.7 Å². The minimum Gasteiger partial charge on any atom is -0.455 e. The molecule has 0 saturated carbocycles. The first-order valence-electron chi connectivity index (χ1n) is 10.8. The molecule has 9 heteroatoms. The van der Waals surface area contributed by atoms with Gasteiger partial charge in [0.25, 0.3) is 11.8 Å².